The van der Waals surface area contributed by atoms with E-state index in [-0.39, 0.29) is 12.2 Å². The maximum atomic E-state index is 13.4. The molecule has 2 amide bonds. The molecule has 0 saturated carbocycles. The van der Waals surface area contributed by atoms with Gasteiger partial charge in [0.15, 0.2) is 0 Å². The van der Waals surface area contributed by atoms with E-state index in [0.29, 0.717) is 31.6 Å². The molecule has 198 valence electrons. The predicted molar refractivity (Wildman–Crippen MR) is 135 cm³/mol. The van der Waals surface area contributed by atoms with Crippen LogP contribution >= 0.6 is 11.8 Å². The van der Waals surface area contributed by atoms with Gasteiger partial charge in [0, 0.05) is 42.5 Å². The van der Waals surface area contributed by atoms with E-state index in [9.17, 15) is 22.8 Å². The van der Waals surface area contributed by atoms with Gasteiger partial charge in [-0.1, -0.05) is 23.9 Å². The third-order valence-electron chi connectivity index (χ3n) is 6.31. The average molecular weight is 536 g/mol. The Bertz CT molecular complexity index is 1180. The van der Waals surface area contributed by atoms with Gasteiger partial charge in [-0.3, -0.25) is 14.5 Å². The van der Waals surface area contributed by atoms with Gasteiger partial charge in [0.25, 0.3) is 5.91 Å². The van der Waals surface area contributed by atoms with Crippen molar-refractivity contribution < 1.29 is 27.9 Å². The molecule has 2 aliphatic heterocycles. The van der Waals surface area contributed by atoms with Gasteiger partial charge in [-0.25, -0.2) is 0 Å². The number of fused-ring (bicyclic) bond motifs is 2. The molecule has 4 N–H and O–H groups in total. The summed E-state index contributed by atoms with van der Waals surface area (Å²) < 4.78 is 40.2. The standard InChI is InChI=1S/C25H28F3N5O3S/c26-25(27,28)17-6-7-22-20(14-17)33(19-4-1-2-5-21(19)37-22)9-3-8-31-10-12-32(13-11-31)15-23(35)30-18(16-34)24(29)36/h1-2,4-7,14,16,34H,3,8-13,15H2,(H2,29,36)(H,30,35)/b18-16-. The molecule has 1 saturated heterocycles. The Morgan fingerprint density at radius 2 is 1.68 bits per heavy atom. The molecule has 2 aromatic carbocycles. The SMILES string of the molecule is NC(=O)/C(=C/O)NC(=O)CN1CCN(CCCN2c3ccccc3Sc3ccc(C(F)(F)F)cc32)CC1. The van der Waals surface area contributed by atoms with Crippen molar-refractivity contribution >= 4 is 35.0 Å². The van der Waals surface area contributed by atoms with E-state index in [2.05, 4.69) is 10.2 Å². The first-order valence-electron chi connectivity index (χ1n) is 11.8. The van der Waals surface area contributed by atoms with E-state index in [1.54, 1.807) is 6.07 Å². The third-order valence-corrected chi connectivity index (χ3v) is 7.44. The number of rotatable bonds is 8. The summed E-state index contributed by atoms with van der Waals surface area (Å²) in [5.74, 6) is -1.36. The Hall–Kier alpha value is -3.22. The van der Waals surface area contributed by atoms with Crippen molar-refractivity contribution in [1.82, 2.24) is 15.1 Å². The highest BCUT2D eigenvalue weighted by Gasteiger charge is 2.33. The second-order valence-corrected chi connectivity index (χ2v) is 9.91. The third kappa shape index (κ3) is 6.56. The van der Waals surface area contributed by atoms with Gasteiger partial charge in [0.2, 0.25) is 5.91 Å². The van der Waals surface area contributed by atoms with Crippen LogP contribution < -0.4 is 16.0 Å². The molecule has 0 radical (unpaired) electrons. The number of anilines is 2. The molecule has 2 aliphatic rings. The van der Waals surface area contributed by atoms with Crippen LogP contribution in [0.25, 0.3) is 0 Å². The molecular weight excluding hydrogens is 507 g/mol. The largest absolute Gasteiger partial charge is 0.513 e. The van der Waals surface area contributed by atoms with E-state index in [4.69, 9.17) is 10.8 Å². The number of primary amides is 1. The number of aliphatic hydroxyl groups excluding tert-OH is 1. The van der Waals surface area contributed by atoms with Crippen molar-refractivity contribution in [2.45, 2.75) is 22.4 Å². The van der Waals surface area contributed by atoms with Crippen LogP contribution in [0.3, 0.4) is 0 Å². The number of halogens is 3. The van der Waals surface area contributed by atoms with E-state index in [1.807, 2.05) is 34.1 Å². The molecule has 1 fully saturated rings. The smallest absolute Gasteiger partial charge is 0.416 e. The summed E-state index contributed by atoms with van der Waals surface area (Å²) in [6.07, 6.45) is -3.19. The average Bonchev–Trinajstić information content (AvgIpc) is 2.86. The molecule has 0 spiro atoms. The number of para-hydroxylation sites is 1. The Morgan fingerprint density at radius 1 is 1.00 bits per heavy atom. The molecule has 12 heteroatoms. The number of hydrogen-bond donors (Lipinski definition) is 3. The lowest BCUT2D eigenvalue weighted by atomic mass is 10.1. The lowest BCUT2D eigenvalue weighted by Gasteiger charge is -2.36. The number of alkyl halides is 3. The zero-order valence-electron chi connectivity index (χ0n) is 20.0. The maximum Gasteiger partial charge on any atom is 0.416 e. The monoisotopic (exact) mass is 535 g/mol. The minimum atomic E-state index is -4.41. The number of carbonyl (C=O) groups excluding carboxylic acids is 2. The minimum absolute atomic E-state index is 0.0685. The highest BCUT2D eigenvalue weighted by Crippen LogP contribution is 2.49. The summed E-state index contributed by atoms with van der Waals surface area (Å²) in [5.41, 5.74) is 5.53. The Labute approximate surface area is 216 Å². The maximum absolute atomic E-state index is 13.4. The Morgan fingerprint density at radius 3 is 2.35 bits per heavy atom. The van der Waals surface area contributed by atoms with Crippen LogP contribution in [-0.4, -0.2) is 72.5 Å². The molecule has 0 atom stereocenters. The zero-order valence-corrected chi connectivity index (χ0v) is 20.8. The van der Waals surface area contributed by atoms with Crippen LogP contribution in [0.1, 0.15) is 12.0 Å². The molecule has 0 unspecified atom stereocenters. The fraction of sp³-hybridized carbons (Fsp3) is 0.360. The van der Waals surface area contributed by atoms with Crippen molar-refractivity contribution in [1.29, 1.82) is 0 Å². The van der Waals surface area contributed by atoms with Crippen LogP contribution in [0.15, 0.2) is 64.2 Å². The molecule has 0 aromatic heterocycles. The van der Waals surface area contributed by atoms with Crippen molar-refractivity contribution in [3.63, 3.8) is 0 Å². The van der Waals surface area contributed by atoms with Crippen LogP contribution in [0.5, 0.6) is 0 Å². The number of carbonyl (C=O) groups is 2. The van der Waals surface area contributed by atoms with E-state index in [0.717, 1.165) is 47.6 Å². The van der Waals surface area contributed by atoms with E-state index < -0.39 is 23.6 Å². The summed E-state index contributed by atoms with van der Waals surface area (Å²) in [4.78, 5) is 31.2. The normalized spacial score (nSPS) is 16.7. The summed E-state index contributed by atoms with van der Waals surface area (Å²) in [6, 6.07) is 11.6. The fourth-order valence-electron chi connectivity index (χ4n) is 4.42. The van der Waals surface area contributed by atoms with Crippen LogP contribution in [0.4, 0.5) is 24.5 Å². The topological polar surface area (TPSA) is 102 Å². The highest BCUT2D eigenvalue weighted by molar-refractivity contribution is 7.99. The van der Waals surface area contributed by atoms with Crippen molar-refractivity contribution in [3.8, 4) is 0 Å². The summed E-state index contributed by atoms with van der Waals surface area (Å²) in [7, 11) is 0. The lowest BCUT2D eigenvalue weighted by molar-refractivity contribution is -0.137. The second kappa shape index (κ2) is 11.4. The van der Waals surface area contributed by atoms with Crippen molar-refractivity contribution in [2.75, 3.05) is 50.7 Å². The molecule has 0 aliphatic carbocycles. The quantitative estimate of drug-likeness (QED) is 0.352. The Balaban J connectivity index is 1.33. The van der Waals surface area contributed by atoms with Gasteiger partial charge < -0.3 is 26.0 Å². The zero-order chi connectivity index (χ0) is 26.6. The van der Waals surface area contributed by atoms with Crippen molar-refractivity contribution in [2.24, 2.45) is 5.73 Å². The molecular formula is C25H28F3N5O3S. The van der Waals surface area contributed by atoms with Gasteiger partial charge in [0.1, 0.15) is 12.0 Å². The second-order valence-electron chi connectivity index (χ2n) is 8.83. The van der Waals surface area contributed by atoms with Crippen molar-refractivity contribution in [3.05, 3.63) is 60.0 Å². The van der Waals surface area contributed by atoms with Gasteiger partial charge in [-0.05, 0) is 43.3 Å². The van der Waals surface area contributed by atoms with Crippen LogP contribution in [0.2, 0.25) is 0 Å². The first kappa shape index (κ1) is 26.8. The number of piperazine rings is 1. The van der Waals surface area contributed by atoms with Gasteiger partial charge >= 0.3 is 6.18 Å². The number of nitrogens with one attached hydrogen (secondary N) is 1. The van der Waals surface area contributed by atoms with E-state index in [1.165, 1.54) is 17.8 Å². The minimum Gasteiger partial charge on any atom is -0.513 e. The van der Waals surface area contributed by atoms with Gasteiger partial charge in [0.05, 0.1) is 23.5 Å². The summed E-state index contributed by atoms with van der Waals surface area (Å²) in [5, 5.41) is 11.3. The lowest BCUT2D eigenvalue weighted by Crippen LogP contribution is -2.50. The fourth-order valence-corrected chi connectivity index (χ4v) is 5.50. The summed E-state index contributed by atoms with van der Waals surface area (Å²) >= 11 is 1.48. The molecule has 8 nitrogen and oxygen atoms in total. The molecule has 2 aromatic rings. The number of nitrogens with two attached hydrogens (primary N) is 1. The van der Waals surface area contributed by atoms with Crippen LogP contribution in [0, 0.1) is 0 Å². The number of hydrogen-bond acceptors (Lipinski definition) is 7. The van der Waals surface area contributed by atoms with Gasteiger partial charge in [-0.2, -0.15) is 13.2 Å². The predicted octanol–water partition coefficient (Wildman–Crippen LogP) is 3.32. The summed E-state index contributed by atoms with van der Waals surface area (Å²) in [6.45, 7) is 4.14. The van der Waals surface area contributed by atoms with Crippen LogP contribution in [-0.2, 0) is 15.8 Å². The molecule has 37 heavy (non-hydrogen) atoms. The number of amides is 2. The van der Waals surface area contributed by atoms with E-state index >= 15 is 0 Å². The number of nitrogens with zero attached hydrogens (tertiary/aromatic N) is 3. The first-order valence-corrected chi connectivity index (χ1v) is 12.6. The molecule has 0 bridgehead atoms. The number of benzene rings is 2. The Kier molecular flexibility index (Phi) is 8.30. The highest BCUT2D eigenvalue weighted by atomic mass is 32.2. The first-order chi connectivity index (χ1) is 17.7. The molecule has 4 rings (SSSR count). The number of aliphatic hydroxyl groups is 1. The molecule has 2 heterocycles. The van der Waals surface area contributed by atoms with Gasteiger partial charge in [-0.15, -0.1) is 0 Å².